The van der Waals surface area contributed by atoms with Crippen LogP contribution in [0, 0.1) is 11.6 Å². The van der Waals surface area contributed by atoms with E-state index in [1.165, 1.54) is 24.3 Å². The van der Waals surface area contributed by atoms with Crippen LogP contribution in [0.25, 0.3) is 11.5 Å². The van der Waals surface area contributed by atoms with Gasteiger partial charge in [-0.25, -0.2) is 17.2 Å². The number of halogens is 3. The highest BCUT2D eigenvalue weighted by Gasteiger charge is 2.17. The molecule has 152 valence electrons. The van der Waals surface area contributed by atoms with E-state index in [9.17, 15) is 22.0 Å². The van der Waals surface area contributed by atoms with Gasteiger partial charge in [-0.1, -0.05) is 16.7 Å². The van der Waals surface area contributed by atoms with Crippen LogP contribution in [0.15, 0.2) is 51.8 Å². The molecule has 0 spiro atoms. The van der Waals surface area contributed by atoms with Gasteiger partial charge in [-0.15, -0.1) is 5.10 Å². The van der Waals surface area contributed by atoms with Gasteiger partial charge in [0.05, 0.1) is 16.2 Å². The number of carbonyl (C=O) groups excluding carboxylic acids is 1. The molecule has 7 nitrogen and oxygen atoms in total. The summed E-state index contributed by atoms with van der Waals surface area (Å²) in [6, 6.07) is 8.27. The van der Waals surface area contributed by atoms with Crippen LogP contribution in [-0.2, 0) is 14.6 Å². The van der Waals surface area contributed by atoms with Crippen LogP contribution in [0.3, 0.4) is 0 Å². The average molecular weight is 442 g/mol. The number of carbonyl (C=O) groups is 1. The first kappa shape index (κ1) is 20.9. The summed E-state index contributed by atoms with van der Waals surface area (Å²) in [6.45, 7) is 0. The molecule has 0 fully saturated rings. The standard InChI is InChI=1S/C18H14ClF2N3O4S/c19-11-3-6-13(7-4-11)29(26,27)9-1-2-16(25)22-18-24-23-17(28-18)14-8-5-12(20)10-15(14)21/h3-8,10H,1-2,9H2,(H,22,24,25). The molecule has 1 N–H and O–H groups in total. The summed E-state index contributed by atoms with van der Waals surface area (Å²) in [5, 5.41) is 9.89. The van der Waals surface area contributed by atoms with Gasteiger partial charge in [-0.3, -0.25) is 10.1 Å². The van der Waals surface area contributed by atoms with Crippen LogP contribution in [-0.4, -0.2) is 30.3 Å². The van der Waals surface area contributed by atoms with E-state index in [1.54, 1.807) is 0 Å². The molecule has 29 heavy (non-hydrogen) atoms. The third-order valence-corrected chi connectivity index (χ3v) is 5.89. The van der Waals surface area contributed by atoms with E-state index < -0.39 is 27.4 Å². The molecule has 2 aromatic carbocycles. The van der Waals surface area contributed by atoms with E-state index in [4.69, 9.17) is 16.0 Å². The number of rotatable bonds is 7. The summed E-state index contributed by atoms with van der Waals surface area (Å²) in [4.78, 5) is 12.1. The molecule has 1 aromatic heterocycles. The zero-order valence-electron chi connectivity index (χ0n) is 14.7. The third-order valence-electron chi connectivity index (χ3n) is 3.82. The first-order valence-electron chi connectivity index (χ1n) is 8.32. The molecule has 3 aromatic rings. The molecule has 0 atom stereocenters. The maximum absolute atomic E-state index is 13.7. The Kier molecular flexibility index (Phi) is 6.23. The fourth-order valence-electron chi connectivity index (χ4n) is 2.41. The van der Waals surface area contributed by atoms with Crippen molar-refractivity contribution in [3.05, 3.63) is 59.1 Å². The van der Waals surface area contributed by atoms with E-state index >= 15 is 0 Å². The van der Waals surface area contributed by atoms with Gasteiger partial charge in [-0.2, -0.15) is 0 Å². The van der Waals surface area contributed by atoms with Gasteiger partial charge < -0.3 is 4.42 Å². The quantitative estimate of drug-likeness (QED) is 0.597. The minimum Gasteiger partial charge on any atom is -0.403 e. The fourth-order valence-corrected chi connectivity index (χ4v) is 3.85. The zero-order chi connectivity index (χ0) is 21.0. The molecule has 0 saturated heterocycles. The Morgan fingerprint density at radius 3 is 2.52 bits per heavy atom. The minimum atomic E-state index is -3.55. The number of hydrogen-bond donors (Lipinski definition) is 1. The number of anilines is 1. The second-order valence-electron chi connectivity index (χ2n) is 5.96. The van der Waals surface area contributed by atoms with Gasteiger partial charge >= 0.3 is 6.01 Å². The van der Waals surface area contributed by atoms with E-state index in [0.717, 1.165) is 12.1 Å². The van der Waals surface area contributed by atoms with Crippen LogP contribution >= 0.6 is 11.6 Å². The number of hydrogen-bond acceptors (Lipinski definition) is 6. The Labute approximate surface area is 169 Å². The van der Waals surface area contributed by atoms with Crippen molar-refractivity contribution in [3.63, 3.8) is 0 Å². The van der Waals surface area contributed by atoms with Crippen molar-refractivity contribution in [3.8, 4) is 11.5 Å². The van der Waals surface area contributed by atoms with Gasteiger partial charge in [0.25, 0.3) is 5.89 Å². The van der Waals surface area contributed by atoms with Crippen LogP contribution in [0.5, 0.6) is 0 Å². The van der Waals surface area contributed by atoms with Crippen LogP contribution < -0.4 is 5.32 Å². The monoisotopic (exact) mass is 441 g/mol. The second kappa shape index (κ2) is 8.66. The van der Waals surface area contributed by atoms with Gasteiger partial charge in [0, 0.05) is 17.5 Å². The van der Waals surface area contributed by atoms with E-state index in [1.807, 2.05) is 0 Å². The predicted molar refractivity (Wildman–Crippen MR) is 101 cm³/mol. The van der Waals surface area contributed by atoms with Crippen molar-refractivity contribution in [2.45, 2.75) is 17.7 Å². The van der Waals surface area contributed by atoms with Crippen LogP contribution in [0.2, 0.25) is 5.02 Å². The number of sulfone groups is 1. The number of aromatic nitrogens is 2. The van der Waals surface area contributed by atoms with Crippen molar-refractivity contribution in [2.24, 2.45) is 0 Å². The molecule has 11 heteroatoms. The molecule has 1 heterocycles. The van der Waals surface area contributed by atoms with Crippen molar-refractivity contribution in [1.29, 1.82) is 0 Å². The highest BCUT2D eigenvalue weighted by molar-refractivity contribution is 7.91. The molecule has 0 unspecified atom stereocenters. The number of nitrogens with one attached hydrogen (secondary N) is 1. The van der Waals surface area contributed by atoms with E-state index in [0.29, 0.717) is 11.1 Å². The number of amides is 1. The highest BCUT2D eigenvalue weighted by atomic mass is 35.5. The molecule has 0 bridgehead atoms. The average Bonchev–Trinajstić information content (AvgIpc) is 3.10. The maximum atomic E-state index is 13.7. The zero-order valence-corrected chi connectivity index (χ0v) is 16.3. The fraction of sp³-hybridized carbons (Fsp3) is 0.167. The smallest absolute Gasteiger partial charge is 0.322 e. The summed E-state index contributed by atoms with van der Waals surface area (Å²) >= 11 is 5.74. The highest BCUT2D eigenvalue weighted by Crippen LogP contribution is 2.23. The maximum Gasteiger partial charge on any atom is 0.322 e. The molecule has 0 saturated carbocycles. The SMILES string of the molecule is O=C(CCCS(=O)(=O)c1ccc(Cl)cc1)Nc1nnc(-c2ccc(F)cc2F)o1. The van der Waals surface area contributed by atoms with E-state index in [-0.39, 0.29) is 41.0 Å². The summed E-state index contributed by atoms with van der Waals surface area (Å²) in [5.74, 6) is -2.67. The second-order valence-corrected chi connectivity index (χ2v) is 8.51. The van der Waals surface area contributed by atoms with Gasteiger partial charge in [-0.05, 0) is 42.8 Å². The Balaban J connectivity index is 1.55. The molecule has 0 aliphatic carbocycles. The lowest BCUT2D eigenvalue weighted by Gasteiger charge is -2.04. The molecule has 0 radical (unpaired) electrons. The molecular formula is C18H14ClF2N3O4S. The first-order valence-corrected chi connectivity index (χ1v) is 10.3. The number of nitrogens with zero attached hydrogens (tertiary/aromatic N) is 2. The molecule has 1 amide bonds. The molecule has 3 rings (SSSR count). The lowest BCUT2D eigenvalue weighted by atomic mass is 10.2. The van der Waals surface area contributed by atoms with Crippen LogP contribution in [0.4, 0.5) is 14.8 Å². The topological polar surface area (TPSA) is 102 Å². The Hall–Kier alpha value is -2.85. The van der Waals surface area contributed by atoms with E-state index in [2.05, 4.69) is 15.5 Å². The molecular weight excluding hydrogens is 428 g/mol. The molecule has 0 aliphatic rings. The van der Waals surface area contributed by atoms with Gasteiger partial charge in [0.1, 0.15) is 11.6 Å². The van der Waals surface area contributed by atoms with Gasteiger partial charge in [0.2, 0.25) is 5.91 Å². The number of benzene rings is 2. The van der Waals surface area contributed by atoms with Crippen LogP contribution in [0.1, 0.15) is 12.8 Å². The minimum absolute atomic E-state index is 0.0599. The summed E-state index contributed by atoms with van der Waals surface area (Å²) in [7, 11) is -3.55. The van der Waals surface area contributed by atoms with Crippen molar-refractivity contribution >= 4 is 33.4 Å². The summed E-state index contributed by atoms with van der Waals surface area (Å²) in [5.41, 5.74) is -0.117. The van der Waals surface area contributed by atoms with Crippen molar-refractivity contribution in [2.75, 3.05) is 11.1 Å². The van der Waals surface area contributed by atoms with Gasteiger partial charge in [0.15, 0.2) is 9.84 Å². The lowest BCUT2D eigenvalue weighted by Crippen LogP contribution is -2.14. The Morgan fingerprint density at radius 1 is 1.10 bits per heavy atom. The predicted octanol–water partition coefficient (Wildman–Crippen LogP) is 3.86. The van der Waals surface area contributed by atoms with Crippen molar-refractivity contribution < 1.29 is 26.4 Å². The largest absolute Gasteiger partial charge is 0.403 e. The third kappa shape index (κ3) is 5.36. The normalized spacial score (nSPS) is 11.4. The summed E-state index contributed by atoms with van der Waals surface area (Å²) in [6.07, 6.45) is -0.0557. The Morgan fingerprint density at radius 2 is 1.83 bits per heavy atom. The molecule has 0 aliphatic heterocycles. The lowest BCUT2D eigenvalue weighted by molar-refractivity contribution is -0.116. The van der Waals surface area contributed by atoms with Crippen molar-refractivity contribution in [1.82, 2.24) is 10.2 Å². The first-order chi connectivity index (χ1) is 13.7. The summed E-state index contributed by atoms with van der Waals surface area (Å²) < 4.78 is 56.3. The Bertz CT molecular complexity index is 1130.